The van der Waals surface area contributed by atoms with E-state index in [-0.39, 0.29) is 11.5 Å². The highest BCUT2D eigenvalue weighted by Crippen LogP contribution is 2.23. The molecule has 6 heteroatoms. The predicted octanol–water partition coefficient (Wildman–Crippen LogP) is 0.473. The second kappa shape index (κ2) is 6.08. The van der Waals surface area contributed by atoms with Crippen molar-refractivity contribution in [2.45, 2.75) is 56.8 Å². The van der Waals surface area contributed by atoms with Crippen LogP contribution in [0.1, 0.15) is 39.0 Å². The van der Waals surface area contributed by atoms with Crippen molar-refractivity contribution < 1.29 is 18.3 Å². The summed E-state index contributed by atoms with van der Waals surface area (Å²) in [4.78, 5) is 0. The van der Waals surface area contributed by atoms with Gasteiger partial charge in [0.05, 0.1) is 30.3 Å². The third-order valence-electron chi connectivity index (χ3n) is 4.09. The molecule has 0 aromatic carbocycles. The van der Waals surface area contributed by atoms with E-state index in [0.29, 0.717) is 25.7 Å². The fourth-order valence-electron chi connectivity index (χ4n) is 2.88. The summed E-state index contributed by atoms with van der Waals surface area (Å²) < 4.78 is 28.6. The van der Waals surface area contributed by atoms with Crippen LogP contribution in [0.2, 0.25) is 0 Å². The fourth-order valence-corrected chi connectivity index (χ4v) is 5.00. The molecule has 1 aliphatic heterocycles. The zero-order valence-corrected chi connectivity index (χ0v) is 12.4. The van der Waals surface area contributed by atoms with Gasteiger partial charge in [0.15, 0.2) is 9.84 Å². The van der Waals surface area contributed by atoms with Crippen LogP contribution in [0, 0.1) is 0 Å². The summed E-state index contributed by atoms with van der Waals surface area (Å²) in [5, 5.41) is 13.1. The maximum absolute atomic E-state index is 11.5. The Morgan fingerprint density at radius 3 is 2.68 bits per heavy atom. The van der Waals surface area contributed by atoms with Crippen LogP contribution in [0.25, 0.3) is 0 Å². The molecule has 5 nitrogen and oxygen atoms in total. The smallest absolute Gasteiger partial charge is 0.152 e. The summed E-state index contributed by atoms with van der Waals surface area (Å²) in [6, 6.07) is 0. The number of aliphatic hydroxyl groups excluding tert-OH is 1. The van der Waals surface area contributed by atoms with Crippen molar-refractivity contribution >= 4 is 9.84 Å². The lowest BCUT2D eigenvalue weighted by molar-refractivity contribution is -0.00731. The van der Waals surface area contributed by atoms with Gasteiger partial charge in [0.1, 0.15) is 0 Å². The molecule has 2 atom stereocenters. The molecule has 0 aromatic heterocycles. The van der Waals surface area contributed by atoms with Crippen molar-refractivity contribution in [2.24, 2.45) is 0 Å². The third kappa shape index (κ3) is 4.70. The molecule has 19 heavy (non-hydrogen) atoms. The van der Waals surface area contributed by atoms with E-state index in [1.54, 1.807) is 0 Å². The Labute approximate surface area is 115 Å². The van der Waals surface area contributed by atoms with Gasteiger partial charge in [-0.2, -0.15) is 0 Å². The molecule has 1 saturated carbocycles. The lowest BCUT2D eigenvalue weighted by Crippen LogP contribution is -2.47. The molecule has 2 rings (SSSR count). The molecule has 0 bridgehead atoms. The van der Waals surface area contributed by atoms with E-state index in [1.807, 2.05) is 6.92 Å². The highest BCUT2D eigenvalue weighted by Gasteiger charge is 2.38. The first-order valence-electron chi connectivity index (χ1n) is 7.14. The summed E-state index contributed by atoms with van der Waals surface area (Å²) in [5.74, 6) is 0.404. The van der Waals surface area contributed by atoms with Crippen LogP contribution in [0.5, 0.6) is 0 Å². The quantitative estimate of drug-likeness (QED) is 0.744. The molecule has 2 aliphatic rings. The number of sulfone groups is 1. The number of ether oxygens (including phenoxy) is 1. The Balaban J connectivity index is 1.67. The lowest BCUT2D eigenvalue weighted by Gasteiger charge is -2.26. The average Bonchev–Trinajstić information content (AvgIpc) is 2.93. The largest absolute Gasteiger partial charge is 0.389 e. The molecular formula is C13H25NO4S. The number of aliphatic hydroxyl groups is 1. The highest BCUT2D eigenvalue weighted by molar-refractivity contribution is 7.91. The van der Waals surface area contributed by atoms with Gasteiger partial charge in [-0.1, -0.05) is 12.8 Å². The first kappa shape index (κ1) is 15.2. The Kier molecular flexibility index (Phi) is 4.87. The monoisotopic (exact) mass is 291 g/mol. The average molecular weight is 291 g/mol. The number of hydrogen-bond donors (Lipinski definition) is 2. The molecule has 1 aliphatic carbocycles. The van der Waals surface area contributed by atoms with Gasteiger partial charge in [0.25, 0.3) is 0 Å². The molecule has 2 N–H and O–H groups in total. The van der Waals surface area contributed by atoms with Gasteiger partial charge in [-0.15, -0.1) is 0 Å². The third-order valence-corrected chi connectivity index (χ3v) is 6.00. The standard InChI is InChI=1S/C13H25NO4S/c1-13(6-7-19(16,17)10-13)14-8-11(15)9-18-12-4-2-3-5-12/h11-12,14-15H,2-10H2,1H3. The summed E-state index contributed by atoms with van der Waals surface area (Å²) in [7, 11) is -2.90. The molecule has 0 amide bonds. The second-order valence-electron chi connectivity index (χ2n) is 6.18. The molecular weight excluding hydrogens is 266 g/mol. The molecule has 0 radical (unpaired) electrons. The zero-order chi connectivity index (χ0) is 13.9. The Hall–Kier alpha value is -0.170. The molecule has 0 spiro atoms. The van der Waals surface area contributed by atoms with E-state index >= 15 is 0 Å². The van der Waals surface area contributed by atoms with Gasteiger partial charge in [-0.3, -0.25) is 0 Å². The van der Waals surface area contributed by atoms with Crippen molar-refractivity contribution in [2.75, 3.05) is 24.7 Å². The topological polar surface area (TPSA) is 75.6 Å². The van der Waals surface area contributed by atoms with Crippen LogP contribution < -0.4 is 5.32 Å². The predicted molar refractivity (Wildman–Crippen MR) is 73.9 cm³/mol. The molecule has 2 fully saturated rings. The summed E-state index contributed by atoms with van der Waals surface area (Å²) in [6.45, 7) is 2.63. The highest BCUT2D eigenvalue weighted by atomic mass is 32.2. The van der Waals surface area contributed by atoms with Gasteiger partial charge in [-0.25, -0.2) is 8.42 Å². The summed E-state index contributed by atoms with van der Waals surface area (Å²) >= 11 is 0. The van der Waals surface area contributed by atoms with Crippen LogP contribution in [0.3, 0.4) is 0 Å². The van der Waals surface area contributed by atoms with E-state index in [1.165, 1.54) is 12.8 Å². The van der Waals surface area contributed by atoms with Crippen LogP contribution in [0.4, 0.5) is 0 Å². The fraction of sp³-hybridized carbons (Fsp3) is 1.00. The first-order chi connectivity index (χ1) is 8.89. The maximum Gasteiger partial charge on any atom is 0.152 e. The van der Waals surface area contributed by atoms with Gasteiger partial charge >= 0.3 is 0 Å². The van der Waals surface area contributed by atoms with E-state index in [2.05, 4.69) is 5.32 Å². The number of nitrogens with one attached hydrogen (secondary N) is 1. The van der Waals surface area contributed by atoms with E-state index in [9.17, 15) is 13.5 Å². The van der Waals surface area contributed by atoms with Crippen LogP contribution in [0.15, 0.2) is 0 Å². The molecule has 1 saturated heterocycles. The minimum absolute atomic E-state index is 0.163. The van der Waals surface area contributed by atoms with Gasteiger partial charge in [-0.05, 0) is 26.2 Å². The molecule has 1 heterocycles. The Morgan fingerprint density at radius 1 is 1.42 bits per heavy atom. The first-order valence-corrected chi connectivity index (χ1v) is 8.96. The van der Waals surface area contributed by atoms with E-state index in [4.69, 9.17) is 4.74 Å². The number of rotatable bonds is 6. The van der Waals surface area contributed by atoms with Crippen molar-refractivity contribution in [3.8, 4) is 0 Å². The maximum atomic E-state index is 11.5. The molecule has 112 valence electrons. The van der Waals surface area contributed by atoms with Gasteiger partial charge in [0, 0.05) is 12.1 Å². The summed E-state index contributed by atoms with van der Waals surface area (Å²) in [6.07, 6.45) is 4.97. The number of hydrogen-bond acceptors (Lipinski definition) is 5. The van der Waals surface area contributed by atoms with E-state index < -0.39 is 21.5 Å². The second-order valence-corrected chi connectivity index (χ2v) is 8.36. The van der Waals surface area contributed by atoms with Crippen molar-refractivity contribution in [1.82, 2.24) is 5.32 Å². The minimum Gasteiger partial charge on any atom is -0.389 e. The Morgan fingerprint density at radius 2 is 2.11 bits per heavy atom. The van der Waals surface area contributed by atoms with Crippen LogP contribution >= 0.6 is 0 Å². The van der Waals surface area contributed by atoms with Gasteiger partial charge in [0.2, 0.25) is 0 Å². The zero-order valence-electron chi connectivity index (χ0n) is 11.6. The van der Waals surface area contributed by atoms with Crippen LogP contribution in [-0.2, 0) is 14.6 Å². The Bertz CT molecular complexity index is 391. The lowest BCUT2D eigenvalue weighted by atomic mass is 10.0. The molecule has 0 aromatic rings. The molecule has 2 unspecified atom stereocenters. The number of β-amino-alcohol motifs (C(OH)–C–C–N with tert-alkyl or cyclic N) is 1. The van der Waals surface area contributed by atoms with E-state index in [0.717, 1.165) is 12.8 Å². The SMILES string of the molecule is CC1(NCC(O)COC2CCCC2)CCS(=O)(=O)C1. The van der Waals surface area contributed by atoms with Crippen molar-refractivity contribution in [3.05, 3.63) is 0 Å². The summed E-state index contributed by atoms with van der Waals surface area (Å²) in [5.41, 5.74) is -0.396. The minimum atomic E-state index is -2.90. The normalized spacial score (nSPS) is 32.7. The van der Waals surface area contributed by atoms with Crippen molar-refractivity contribution in [1.29, 1.82) is 0 Å². The van der Waals surface area contributed by atoms with Gasteiger partial charge < -0.3 is 15.2 Å². The van der Waals surface area contributed by atoms with Crippen molar-refractivity contribution in [3.63, 3.8) is 0 Å². The van der Waals surface area contributed by atoms with Crippen LogP contribution in [-0.4, -0.2) is 55.9 Å².